The quantitative estimate of drug-likeness (QED) is 0.766. The molecule has 16 heavy (non-hydrogen) atoms. The van der Waals surface area contributed by atoms with Gasteiger partial charge in [0.15, 0.2) is 0 Å². The Balaban J connectivity index is 2.64. The molecular weight excluding hydrogens is 222 g/mol. The highest BCUT2D eigenvalue weighted by molar-refractivity contribution is 6.32. The lowest BCUT2D eigenvalue weighted by atomic mass is 10.0. The highest BCUT2D eigenvalue weighted by atomic mass is 35.5. The molecule has 0 aliphatic carbocycles. The molecule has 0 bridgehead atoms. The second-order valence-corrected chi connectivity index (χ2v) is 4.40. The summed E-state index contributed by atoms with van der Waals surface area (Å²) >= 11 is 5.96. The maximum absolute atomic E-state index is 6.11. The number of rotatable bonds is 6. The zero-order chi connectivity index (χ0) is 12.0. The fourth-order valence-electron chi connectivity index (χ4n) is 1.69. The Bertz CT molecular complexity index is 328. The van der Waals surface area contributed by atoms with Crippen molar-refractivity contribution in [2.24, 2.45) is 5.73 Å². The molecule has 0 aliphatic rings. The second kappa shape index (κ2) is 6.77. The van der Waals surface area contributed by atoms with Gasteiger partial charge in [0, 0.05) is 6.04 Å². The van der Waals surface area contributed by atoms with E-state index in [1.807, 2.05) is 18.2 Å². The molecule has 1 aromatic rings. The Kier molecular flexibility index (Phi) is 5.64. The summed E-state index contributed by atoms with van der Waals surface area (Å²) < 4.78 is 5.17. The van der Waals surface area contributed by atoms with Crippen LogP contribution in [0.3, 0.4) is 0 Å². The Morgan fingerprint density at radius 3 is 2.75 bits per heavy atom. The summed E-state index contributed by atoms with van der Waals surface area (Å²) in [6.45, 7) is 2.19. The van der Waals surface area contributed by atoms with Crippen LogP contribution in [0.5, 0.6) is 5.75 Å². The first-order valence-corrected chi connectivity index (χ1v) is 6.15. The lowest BCUT2D eigenvalue weighted by Gasteiger charge is -2.13. The predicted octanol–water partition coefficient (Wildman–Crippen LogP) is 3.93. The molecule has 0 saturated heterocycles. The van der Waals surface area contributed by atoms with Crippen molar-refractivity contribution >= 4 is 11.6 Å². The molecule has 2 nitrogen and oxygen atoms in total. The molecule has 2 N–H and O–H groups in total. The van der Waals surface area contributed by atoms with E-state index in [9.17, 15) is 0 Å². The van der Waals surface area contributed by atoms with Crippen LogP contribution in [0, 0.1) is 0 Å². The highest BCUT2D eigenvalue weighted by Crippen LogP contribution is 2.28. The number of nitrogens with two attached hydrogens (primary N) is 1. The smallest absolute Gasteiger partial charge is 0.137 e. The highest BCUT2D eigenvalue weighted by Gasteiger charge is 2.08. The first kappa shape index (κ1) is 13.3. The average molecular weight is 242 g/mol. The zero-order valence-electron chi connectivity index (χ0n) is 10.0. The van der Waals surface area contributed by atoms with Gasteiger partial charge in [-0.15, -0.1) is 0 Å². The van der Waals surface area contributed by atoms with Gasteiger partial charge in [-0.1, -0.05) is 43.9 Å². The average Bonchev–Trinajstić information content (AvgIpc) is 2.30. The van der Waals surface area contributed by atoms with Crippen molar-refractivity contribution in [3.63, 3.8) is 0 Å². The van der Waals surface area contributed by atoms with E-state index >= 15 is 0 Å². The lowest BCUT2D eigenvalue weighted by Crippen LogP contribution is -2.10. The van der Waals surface area contributed by atoms with Crippen LogP contribution in [-0.4, -0.2) is 7.11 Å². The van der Waals surface area contributed by atoms with Gasteiger partial charge in [-0.2, -0.15) is 0 Å². The third-order valence-corrected chi connectivity index (χ3v) is 3.03. The van der Waals surface area contributed by atoms with Crippen LogP contribution in [0.1, 0.15) is 44.2 Å². The molecule has 0 radical (unpaired) electrons. The van der Waals surface area contributed by atoms with Crippen LogP contribution in [0.2, 0.25) is 5.02 Å². The molecule has 90 valence electrons. The van der Waals surface area contributed by atoms with E-state index in [4.69, 9.17) is 22.1 Å². The van der Waals surface area contributed by atoms with Gasteiger partial charge in [0.2, 0.25) is 0 Å². The van der Waals surface area contributed by atoms with Gasteiger partial charge in [0.1, 0.15) is 5.75 Å². The molecule has 0 saturated carbocycles. The van der Waals surface area contributed by atoms with Gasteiger partial charge < -0.3 is 10.5 Å². The van der Waals surface area contributed by atoms with Crippen molar-refractivity contribution in [1.29, 1.82) is 0 Å². The van der Waals surface area contributed by atoms with E-state index in [2.05, 4.69) is 6.92 Å². The van der Waals surface area contributed by atoms with Crippen molar-refractivity contribution in [2.45, 2.75) is 38.6 Å². The summed E-state index contributed by atoms with van der Waals surface area (Å²) in [5, 5.41) is 0.631. The standard InChI is InChI=1S/C13H20ClNO/c1-3-4-5-6-12(15)10-7-8-11(14)13(9-10)16-2/h7-9,12H,3-6,15H2,1-2H3/t12-/m0/s1. The van der Waals surface area contributed by atoms with Gasteiger partial charge in [-0.05, 0) is 24.1 Å². The molecule has 1 atom stereocenters. The van der Waals surface area contributed by atoms with Gasteiger partial charge in [-0.3, -0.25) is 0 Å². The van der Waals surface area contributed by atoms with Crippen molar-refractivity contribution in [1.82, 2.24) is 0 Å². The van der Waals surface area contributed by atoms with Gasteiger partial charge in [-0.25, -0.2) is 0 Å². The Morgan fingerprint density at radius 1 is 1.38 bits per heavy atom. The molecular formula is C13H20ClNO. The maximum atomic E-state index is 6.11. The van der Waals surface area contributed by atoms with Crippen molar-refractivity contribution in [3.8, 4) is 5.75 Å². The summed E-state index contributed by atoms with van der Waals surface area (Å²) in [6.07, 6.45) is 4.64. The largest absolute Gasteiger partial charge is 0.495 e. The van der Waals surface area contributed by atoms with Gasteiger partial charge in [0.25, 0.3) is 0 Å². The van der Waals surface area contributed by atoms with Crippen LogP contribution in [0.15, 0.2) is 18.2 Å². The number of hydrogen-bond donors (Lipinski definition) is 1. The van der Waals surface area contributed by atoms with Crippen molar-refractivity contribution in [3.05, 3.63) is 28.8 Å². The summed E-state index contributed by atoms with van der Waals surface area (Å²) in [6, 6.07) is 5.83. The van der Waals surface area contributed by atoms with Crippen LogP contribution < -0.4 is 10.5 Å². The predicted molar refractivity (Wildman–Crippen MR) is 69.1 cm³/mol. The first-order chi connectivity index (χ1) is 7.69. The maximum Gasteiger partial charge on any atom is 0.137 e. The molecule has 0 unspecified atom stereocenters. The third-order valence-electron chi connectivity index (χ3n) is 2.72. The van der Waals surface area contributed by atoms with E-state index in [-0.39, 0.29) is 6.04 Å². The first-order valence-electron chi connectivity index (χ1n) is 5.78. The monoisotopic (exact) mass is 241 g/mol. The topological polar surface area (TPSA) is 35.2 Å². The molecule has 1 aromatic carbocycles. The summed E-state index contributed by atoms with van der Waals surface area (Å²) in [5.41, 5.74) is 7.21. The summed E-state index contributed by atoms with van der Waals surface area (Å²) in [5.74, 6) is 0.699. The number of benzene rings is 1. The van der Waals surface area contributed by atoms with Gasteiger partial charge in [0.05, 0.1) is 12.1 Å². The minimum atomic E-state index is 0.0812. The molecule has 0 aliphatic heterocycles. The minimum absolute atomic E-state index is 0.0812. The molecule has 3 heteroatoms. The second-order valence-electron chi connectivity index (χ2n) is 4.00. The van der Waals surface area contributed by atoms with E-state index in [0.29, 0.717) is 10.8 Å². The molecule has 1 rings (SSSR count). The van der Waals surface area contributed by atoms with E-state index in [0.717, 1.165) is 12.0 Å². The normalized spacial score (nSPS) is 12.5. The lowest BCUT2D eigenvalue weighted by molar-refractivity contribution is 0.413. The Morgan fingerprint density at radius 2 is 2.12 bits per heavy atom. The van der Waals surface area contributed by atoms with Crippen molar-refractivity contribution < 1.29 is 4.74 Å². The Hall–Kier alpha value is -0.730. The number of methoxy groups -OCH3 is 1. The fourth-order valence-corrected chi connectivity index (χ4v) is 1.88. The van der Waals surface area contributed by atoms with Crippen molar-refractivity contribution in [2.75, 3.05) is 7.11 Å². The van der Waals surface area contributed by atoms with Gasteiger partial charge >= 0.3 is 0 Å². The number of hydrogen-bond acceptors (Lipinski definition) is 2. The number of ether oxygens (including phenoxy) is 1. The van der Waals surface area contributed by atoms with E-state index < -0.39 is 0 Å². The van der Waals surface area contributed by atoms with E-state index in [1.54, 1.807) is 7.11 Å². The molecule has 0 aromatic heterocycles. The van der Waals surface area contributed by atoms with Crippen LogP contribution >= 0.6 is 11.6 Å². The third kappa shape index (κ3) is 3.69. The molecule has 0 heterocycles. The molecule has 0 fully saturated rings. The fraction of sp³-hybridized carbons (Fsp3) is 0.538. The van der Waals surface area contributed by atoms with Crippen LogP contribution in [0.4, 0.5) is 0 Å². The summed E-state index contributed by atoms with van der Waals surface area (Å²) in [4.78, 5) is 0. The minimum Gasteiger partial charge on any atom is -0.495 e. The number of halogens is 1. The molecule has 0 amide bonds. The van der Waals surface area contributed by atoms with Crippen LogP contribution in [-0.2, 0) is 0 Å². The summed E-state index contributed by atoms with van der Waals surface area (Å²) in [7, 11) is 1.62. The van der Waals surface area contributed by atoms with Crippen LogP contribution in [0.25, 0.3) is 0 Å². The Labute approximate surface area is 103 Å². The zero-order valence-corrected chi connectivity index (χ0v) is 10.8. The van der Waals surface area contributed by atoms with E-state index in [1.165, 1.54) is 19.3 Å². The molecule has 0 spiro atoms. The number of unbranched alkanes of at least 4 members (excludes halogenated alkanes) is 2. The SMILES string of the molecule is CCCCC[C@H](N)c1ccc(Cl)c(OC)c1.